The van der Waals surface area contributed by atoms with E-state index in [1.807, 2.05) is 28.8 Å². The van der Waals surface area contributed by atoms with Crippen LogP contribution in [0.1, 0.15) is 27.9 Å². The van der Waals surface area contributed by atoms with E-state index in [1.165, 1.54) is 23.3 Å². The van der Waals surface area contributed by atoms with Crippen molar-refractivity contribution in [3.8, 4) is 11.3 Å². The van der Waals surface area contributed by atoms with E-state index in [2.05, 4.69) is 34.5 Å². The van der Waals surface area contributed by atoms with Crippen molar-refractivity contribution in [2.45, 2.75) is 19.4 Å². The molecule has 3 heterocycles. The number of imidazole rings is 1. The Morgan fingerprint density at radius 3 is 2.74 bits per heavy atom. The predicted octanol–water partition coefficient (Wildman–Crippen LogP) is 5.53. The molecule has 1 amide bonds. The van der Waals surface area contributed by atoms with Crippen LogP contribution in [0, 0.1) is 5.82 Å². The lowest BCUT2D eigenvalue weighted by Gasteiger charge is -2.28. The standard InChI is InChI=1S/C28H25FN4OS/c29-23-9-6-20(7-10-23)24-18-33-25-11-8-21(16-26(25)35-28(33)31-24)27(34)30-13-3-14-32-15-12-19-4-1-2-5-22(19)17-32/h1-2,4-11,16,18H,3,12-15,17H2,(H,30,34). The molecule has 0 bridgehead atoms. The van der Waals surface area contributed by atoms with Gasteiger partial charge in [-0.15, -0.1) is 0 Å². The fourth-order valence-corrected chi connectivity index (χ4v) is 5.80. The fraction of sp³-hybridized carbons (Fsp3) is 0.214. The molecule has 1 N–H and O–H groups in total. The molecular formula is C28H25FN4OS. The summed E-state index contributed by atoms with van der Waals surface area (Å²) in [5, 5.41) is 3.07. The first-order chi connectivity index (χ1) is 17.1. The Morgan fingerprint density at radius 1 is 1.06 bits per heavy atom. The minimum Gasteiger partial charge on any atom is -0.352 e. The van der Waals surface area contributed by atoms with Crippen molar-refractivity contribution >= 4 is 32.4 Å². The Hall–Kier alpha value is -3.55. The summed E-state index contributed by atoms with van der Waals surface area (Å²) in [6.07, 6.45) is 3.98. The molecule has 1 aliphatic heterocycles. The highest BCUT2D eigenvalue weighted by atomic mass is 32.1. The summed E-state index contributed by atoms with van der Waals surface area (Å²) in [7, 11) is 0. The number of hydrogen-bond acceptors (Lipinski definition) is 4. The number of amides is 1. The van der Waals surface area contributed by atoms with Gasteiger partial charge in [0.1, 0.15) is 5.82 Å². The number of nitrogens with zero attached hydrogens (tertiary/aromatic N) is 3. The third kappa shape index (κ3) is 4.45. The number of benzene rings is 3. The van der Waals surface area contributed by atoms with Gasteiger partial charge in [-0.05, 0) is 66.4 Å². The number of carbonyl (C=O) groups excluding carboxylic acids is 1. The molecule has 3 aromatic carbocycles. The van der Waals surface area contributed by atoms with Crippen LogP contribution in [0.15, 0.2) is 72.9 Å². The number of thiazole rings is 1. The highest BCUT2D eigenvalue weighted by molar-refractivity contribution is 7.23. The van der Waals surface area contributed by atoms with Gasteiger partial charge in [-0.25, -0.2) is 9.37 Å². The third-order valence-corrected chi connectivity index (χ3v) is 7.66. The SMILES string of the molecule is O=C(NCCCN1CCc2ccccc2C1)c1ccc2c(c1)sc1nc(-c3ccc(F)cc3)cn12. The second kappa shape index (κ2) is 9.24. The van der Waals surface area contributed by atoms with E-state index in [0.717, 1.165) is 58.9 Å². The van der Waals surface area contributed by atoms with Gasteiger partial charge in [0.25, 0.3) is 5.91 Å². The Balaban J connectivity index is 1.08. The zero-order valence-electron chi connectivity index (χ0n) is 19.2. The number of hydrogen-bond donors (Lipinski definition) is 1. The molecule has 5 nitrogen and oxygen atoms in total. The molecule has 0 fully saturated rings. The maximum Gasteiger partial charge on any atom is 0.251 e. The summed E-state index contributed by atoms with van der Waals surface area (Å²) < 4.78 is 16.3. The molecular weight excluding hydrogens is 459 g/mol. The van der Waals surface area contributed by atoms with Crippen LogP contribution in [0.25, 0.3) is 26.4 Å². The maximum absolute atomic E-state index is 13.2. The summed E-state index contributed by atoms with van der Waals surface area (Å²) in [4.78, 5) is 20.8. The smallest absolute Gasteiger partial charge is 0.251 e. The van der Waals surface area contributed by atoms with E-state index in [-0.39, 0.29) is 11.7 Å². The Labute approximate surface area is 206 Å². The third-order valence-electron chi connectivity index (χ3n) is 6.64. The second-order valence-corrected chi connectivity index (χ2v) is 9.98. The van der Waals surface area contributed by atoms with Crippen LogP contribution in [0.3, 0.4) is 0 Å². The molecule has 2 aromatic heterocycles. The van der Waals surface area contributed by atoms with Gasteiger partial charge in [-0.3, -0.25) is 14.1 Å². The van der Waals surface area contributed by atoms with Crippen LogP contribution in [0.2, 0.25) is 0 Å². The molecule has 0 saturated heterocycles. The van der Waals surface area contributed by atoms with Gasteiger partial charge in [0.15, 0.2) is 4.96 Å². The van der Waals surface area contributed by atoms with Crippen molar-refractivity contribution < 1.29 is 9.18 Å². The van der Waals surface area contributed by atoms with E-state index >= 15 is 0 Å². The average molecular weight is 485 g/mol. The van der Waals surface area contributed by atoms with Crippen LogP contribution >= 0.6 is 11.3 Å². The lowest BCUT2D eigenvalue weighted by atomic mass is 10.00. The minimum atomic E-state index is -0.261. The molecule has 5 aromatic rings. The highest BCUT2D eigenvalue weighted by Gasteiger charge is 2.16. The van der Waals surface area contributed by atoms with Gasteiger partial charge in [0.05, 0.1) is 15.9 Å². The number of fused-ring (bicyclic) bond motifs is 4. The fourth-order valence-electron chi connectivity index (χ4n) is 4.75. The largest absolute Gasteiger partial charge is 0.352 e. The van der Waals surface area contributed by atoms with Crippen LogP contribution in [-0.4, -0.2) is 39.8 Å². The molecule has 0 atom stereocenters. The van der Waals surface area contributed by atoms with Crippen LogP contribution < -0.4 is 5.32 Å². The normalized spacial score (nSPS) is 13.9. The van der Waals surface area contributed by atoms with Crippen molar-refractivity contribution in [2.75, 3.05) is 19.6 Å². The van der Waals surface area contributed by atoms with Gasteiger partial charge in [-0.2, -0.15) is 0 Å². The number of nitrogens with one attached hydrogen (secondary N) is 1. The molecule has 0 spiro atoms. The van der Waals surface area contributed by atoms with E-state index < -0.39 is 0 Å². The summed E-state index contributed by atoms with van der Waals surface area (Å²) in [6.45, 7) is 3.70. The van der Waals surface area contributed by atoms with E-state index in [0.29, 0.717) is 12.1 Å². The Kier molecular flexibility index (Phi) is 5.80. The lowest BCUT2D eigenvalue weighted by molar-refractivity contribution is 0.0951. The second-order valence-electron chi connectivity index (χ2n) is 8.97. The van der Waals surface area contributed by atoms with Crippen LogP contribution in [0.4, 0.5) is 4.39 Å². The highest BCUT2D eigenvalue weighted by Crippen LogP contribution is 2.30. The molecule has 0 radical (unpaired) electrons. The van der Waals surface area contributed by atoms with Gasteiger partial charge in [-0.1, -0.05) is 35.6 Å². The summed E-state index contributed by atoms with van der Waals surface area (Å²) >= 11 is 1.54. The zero-order chi connectivity index (χ0) is 23.8. The molecule has 0 aliphatic carbocycles. The molecule has 6 rings (SSSR count). The van der Waals surface area contributed by atoms with Crippen LogP contribution in [-0.2, 0) is 13.0 Å². The molecule has 7 heteroatoms. The van der Waals surface area contributed by atoms with Crippen molar-refractivity contribution in [3.05, 3.63) is 95.4 Å². The minimum absolute atomic E-state index is 0.0473. The number of halogens is 1. The summed E-state index contributed by atoms with van der Waals surface area (Å²) in [5.41, 5.74) is 6.22. The average Bonchev–Trinajstić information content (AvgIpc) is 3.44. The number of carbonyl (C=O) groups is 1. The van der Waals surface area contributed by atoms with E-state index in [1.54, 1.807) is 23.5 Å². The first-order valence-corrected chi connectivity index (χ1v) is 12.7. The maximum atomic E-state index is 13.2. The van der Waals surface area contributed by atoms with Gasteiger partial charge in [0, 0.05) is 43.5 Å². The molecule has 35 heavy (non-hydrogen) atoms. The van der Waals surface area contributed by atoms with E-state index in [4.69, 9.17) is 4.98 Å². The topological polar surface area (TPSA) is 49.6 Å². The van der Waals surface area contributed by atoms with Crippen molar-refractivity contribution in [1.82, 2.24) is 19.6 Å². The van der Waals surface area contributed by atoms with Crippen molar-refractivity contribution in [3.63, 3.8) is 0 Å². The zero-order valence-corrected chi connectivity index (χ0v) is 20.0. The summed E-state index contributed by atoms with van der Waals surface area (Å²) in [6, 6.07) is 20.8. The number of rotatable bonds is 6. The monoisotopic (exact) mass is 484 g/mol. The quantitative estimate of drug-likeness (QED) is 0.322. The van der Waals surface area contributed by atoms with Crippen molar-refractivity contribution in [1.29, 1.82) is 0 Å². The van der Waals surface area contributed by atoms with Crippen molar-refractivity contribution in [2.24, 2.45) is 0 Å². The van der Waals surface area contributed by atoms with E-state index in [9.17, 15) is 9.18 Å². The molecule has 1 aliphatic rings. The first-order valence-electron chi connectivity index (χ1n) is 11.9. The molecule has 0 saturated carbocycles. The van der Waals surface area contributed by atoms with Crippen LogP contribution in [0.5, 0.6) is 0 Å². The predicted molar refractivity (Wildman–Crippen MR) is 138 cm³/mol. The summed E-state index contributed by atoms with van der Waals surface area (Å²) in [5.74, 6) is -0.308. The van der Waals surface area contributed by atoms with Gasteiger partial charge >= 0.3 is 0 Å². The number of aromatic nitrogens is 2. The Bertz CT molecular complexity index is 1520. The lowest BCUT2D eigenvalue weighted by Crippen LogP contribution is -2.33. The molecule has 0 unspecified atom stereocenters. The van der Waals surface area contributed by atoms with Gasteiger partial charge < -0.3 is 5.32 Å². The first kappa shape index (κ1) is 21.9. The molecule has 176 valence electrons. The van der Waals surface area contributed by atoms with Gasteiger partial charge in [0.2, 0.25) is 0 Å². The Morgan fingerprint density at radius 2 is 1.89 bits per heavy atom.